The van der Waals surface area contributed by atoms with Crippen molar-refractivity contribution < 1.29 is 4.74 Å². The van der Waals surface area contributed by atoms with Crippen molar-refractivity contribution in [3.05, 3.63) is 18.0 Å². The summed E-state index contributed by atoms with van der Waals surface area (Å²) in [6.07, 6.45) is 7.91. The van der Waals surface area contributed by atoms with Crippen LogP contribution in [0.1, 0.15) is 31.7 Å². The van der Waals surface area contributed by atoms with Crippen LogP contribution in [-0.4, -0.2) is 22.4 Å². The maximum Gasteiger partial charge on any atom is 0.0751 e. The second-order valence-electron chi connectivity index (χ2n) is 4.48. The van der Waals surface area contributed by atoms with E-state index in [1.165, 1.54) is 12.8 Å². The van der Waals surface area contributed by atoms with E-state index in [-0.39, 0.29) is 0 Å². The third kappa shape index (κ3) is 2.62. The molecule has 2 rings (SSSR count). The first-order chi connectivity index (χ1) is 7.83. The topological polar surface area (TPSA) is 53.1 Å². The number of hydrogen-bond donors (Lipinski definition) is 1. The van der Waals surface area contributed by atoms with Crippen molar-refractivity contribution in [2.75, 3.05) is 6.54 Å². The number of nitrogens with zero attached hydrogens (tertiary/aromatic N) is 2. The first-order valence-corrected chi connectivity index (χ1v) is 6.16. The van der Waals surface area contributed by atoms with Crippen molar-refractivity contribution in [3.8, 4) is 0 Å². The number of rotatable bonds is 5. The monoisotopic (exact) mass is 223 g/mol. The van der Waals surface area contributed by atoms with Crippen molar-refractivity contribution >= 4 is 0 Å². The Kier molecular flexibility index (Phi) is 3.96. The van der Waals surface area contributed by atoms with Gasteiger partial charge in [-0.25, -0.2) is 0 Å². The van der Waals surface area contributed by atoms with Gasteiger partial charge in [0.15, 0.2) is 0 Å². The van der Waals surface area contributed by atoms with Gasteiger partial charge in [-0.2, -0.15) is 5.10 Å². The van der Waals surface area contributed by atoms with Gasteiger partial charge >= 0.3 is 0 Å². The second-order valence-corrected chi connectivity index (χ2v) is 4.48. The van der Waals surface area contributed by atoms with E-state index < -0.39 is 0 Å². The van der Waals surface area contributed by atoms with Gasteiger partial charge in [0, 0.05) is 18.3 Å². The lowest BCUT2D eigenvalue weighted by Gasteiger charge is -2.17. The number of aromatic nitrogens is 2. The van der Waals surface area contributed by atoms with Crippen molar-refractivity contribution in [1.82, 2.24) is 9.78 Å². The average Bonchev–Trinajstić information content (AvgIpc) is 2.94. The van der Waals surface area contributed by atoms with Crippen LogP contribution in [0, 0.1) is 5.92 Å². The zero-order valence-corrected chi connectivity index (χ0v) is 9.93. The molecular formula is C12H21N3O. The standard InChI is InChI=1S/C12H21N3O/c1-2-15-8-10(7-14-15)9-16-12-5-3-4-11(12)6-13/h7-8,11-12H,2-6,9,13H2,1H3. The summed E-state index contributed by atoms with van der Waals surface area (Å²) < 4.78 is 7.84. The summed E-state index contributed by atoms with van der Waals surface area (Å²) in [7, 11) is 0. The summed E-state index contributed by atoms with van der Waals surface area (Å²) in [6.45, 7) is 4.41. The molecule has 90 valence electrons. The Hall–Kier alpha value is -0.870. The van der Waals surface area contributed by atoms with Crippen LogP contribution in [-0.2, 0) is 17.9 Å². The minimum Gasteiger partial charge on any atom is -0.373 e. The van der Waals surface area contributed by atoms with Crippen LogP contribution in [0.3, 0.4) is 0 Å². The van der Waals surface area contributed by atoms with Crippen molar-refractivity contribution in [2.45, 2.75) is 45.4 Å². The number of aryl methyl sites for hydroxylation is 1. The minimum atomic E-state index is 0.356. The van der Waals surface area contributed by atoms with Crippen LogP contribution in [0.5, 0.6) is 0 Å². The molecule has 4 heteroatoms. The predicted octanol–water partition coefficient (Wildman–Crippen LogP) is 1.55. The Morgan fingerprint density at radius 3 is 3.12 bits per heavy atom. The first kappa shape index (κ1) is 11.6. The van der Waals surface area contributed by atoms with Gasteiger partial charge < -0.3 is 10.5 Å². The fourth-order valence-corrected chi connectivity index (χ4v) is 2.35. The van der Waals surface area contributed by atoms with Gasteiger partial charge in [-0.15, -0.1) is 0 Å². The van der Waals surface area contributed by atoms with Gasteiger partial charge in [0.25, 0.3) is 0 Å². The van der Waals surface area contributed by atoms with Crippen LogP contribution >= 0.6 is 0 Å². The van der Waals surface area contributed by atoms with Crippen molar-refractivity contribution in [1.29, 1.82) is 0 Å². The molecule has 1 fully saturated rings. The molecule has 1 aromatic rings. The molecule has 1 aliphatic rings. The van der Waals surface area contributed by atoms with Crippen LogP contribution in [0.25, 0.3) is 0 Å². The van der Waals surface area contributed by atoms with E-state index in [1.807, 2.05) is 17.1 Å². The Morgan fingerprint density at radius 1 is 1.56 bits per heavy atom. The van der Waals surface area contributed by atoms with Crippen molar-refractivity contribution in [2.24, 2.45) is 11.7 Å². The Balaban J connectivity index is 1.82. The highest BCUT2D eigenvalue weighted by Crippen LogP contribution is 2.27. The molecule has 2 atom stereocenters. The normalized spacial score (nSPS) is 25.1. The highest BCUT2D eigenvalue weighted by molar-refractivity contribution is 5.02. The Morgan fingerprint density at radius 2 is 2.44 bits per heavy atom. The molecule has 2 N–H and O–H groups in total. The zero-order valence-electron chi connectivity index (χ0n) is 9.93. The molecular weight excluding hydrogens is 202 g/mol. The molecule has 0 spiro atoms. The average molecular weight is 223 g/mol. The number of ether oxygens (including phenoxy) is 1. The summed E-state index contributed by atoms with van der Waals surface area (Å²) in [6, 6.07) is 0. The van der Waals surface area contributed by atoms with Crippen LogP contribution in [0.15, 0.2) is 12.4 Å². The van der Waals surface area contributed by atoms with E-state index in [1.54, 1.807) is 0 Å². The smallest absolute Gasteiger partial charge is 0.0751 e. The third-order valence-corrected chi connectivity index (χ3v) is 3.37. The van der Waals surface area contributed by atoms with E-state index in [9.17, 15) is 0 Å². The molecule has 0 aliphatic heterocycles. The molecule has 1 saturated carbocycles. The summed E-state index contributed by atoms with van der Waals surface area (Å²) >= 11 is 0. The van der Waals surface area contributed by atoms with Gasteiger partial charge in [-0.3, -0.25) is 4.68 Å². The van der Waals surface area contributed by atoms with E-state index in [0.717, 1.165) is 25.1 Å². The van der Waals surface area contributed by atoms with E-state index in [0.29, 0.717) is 18.6 Å². The lowest BCUT2D eigenvalue weighted by Crippen LogP contribution is -2.25. The molecule has 0 amide bonds. The SMILES string of the molecule is CCn1cc(COC2CCCC2CN)cn1. The largest absolute Gasteiger partial charge is 0.373 e. The lowest BCUT2D eigenvalue weighted by atomic mass is 10.1. The molecule has 0 saturated heterocycles. The lowest BCUT2D eigenvalue weighted by molar-refractivity contribution is 0.0182. The van der Waals surface area contributed by atoms with Crippen LogP contribution < -0.4 is 5.73 Å². The second kappa shape index (κ2) is 5.46. The molecule has 4 nitrogen and oxygen atoms in total. The Labute approximate surface area is 96.8 Å². The quantitative estimate of drug-likeness (QED) is 0.824. The minimum absolute atomic E-state index is 0.356. The molecule has 1 heterocycles. The zero-order chi connectivity index (χ0) is 11.4. The Bertz CT molecular complexity index is 324. The fraction of sp³-hybridized carbons (Fsp3) is 0.750. The van der Waals surface area contributed by atoms with Crippen molar-refractivity contribution in [3.63, 3.8) is 0 Å². The highest BCUT2D eigenvalue weighted by Gasteiger charge is 2.26. The molecule has 0 bridgehead atoms. The van der Waals surface area contributed by atoms with E-state index >= 15 is 0 Å². The molecule has 0 aromatic carbocycles. The van der Waals surface area contributed by atoms with Gasteiger partial charge in [0.05, 0.1) is 18.9 Å². The molecule has 1 aliphatic carbocycles. The van der Waals surface area contributed by atoms with Gasteiger partial charge in [0.1, 0.15) is 0 Å². The van der Waals surface area contributed by atoms with Gasteiger partial charge in [-0.05, 0) is 32.2 Å². The van der Waals surface area contributed by atoms with Crippen LogP contribution in [0.2, 0.25) is 0 Å². The number of nitrogens with two attached hydrogens (primary N) is 1. The van der Waals surface area contributed by atoms with E-state index in [4.69, 9.17) is 10.5 Å². The summed E-state index contributed by atoms with van der Waals surface area (Å²) in [5.74, 6) is 0.557. The fourth-order valence-electron chi connectivity index (χ4n) is 2.35. The predicted molar refractivity (Wildman–Crippen MR) is 62.9 cm³/mol. The molecule has 2 unspecified atom stereocenters. The molecule has 1 aromatic heterocycles. The summed E-state index contributed by atoms with van der Waals surface area (Å²) in [5.41, 5.74) is 6.88. The van der Waals surface area contributed by atoms with Crippen LogP contribution in [0.4, 0.5) is 0 Å². The molecule has 16 heavy (non-hydrogen) atoms. The molecule has 0 radical (unpaired) electrons. The maximum absolute atomic E-state index is 5.92. The van der Waals surface area contributed by atoms with E-state index in [2.05, 4.69) is 12.0 Å². The van der Waals surface area contributed by atoms with Gasteiger partial charge in [0.2, 0.25) is 0 Å². The summed E-state index contributed by atoms with van der Waals surface area (Å²) in [5, 5.41) is 4.23. The highest BCUT2D eigenvalue weighted by atomic mass is 16.5. The van der Waals surface area contributed by atoms with Gasteiger partial charge in [-0.1, -0.05) is 6.42 Å². The third-order valence-electron chi connectivity index (χ3n) is 3.37. The maximum atomic E-state index is 5.92. The first-order valence-electron chi connectivity index (χ1n) is 6.16. The number of hydrogen-bond acceptors (Lipinski definition) is 3. The summed E-state index contributed by atoms with van der Waals surface area (Å²) in [4.78, 5) is 0.